The van der Waals surface area contributed by atoms with Gasteiger partial charge in [0.25, 0.3) is 0 Å². The number of nitriles is 1. The Kier molecular flexibility index (Phi) is 5.61. The summed E-state index contributed by atoms with van der Waals surface area (Å²) < 4.78 is 7.03. The molecular weight excluding hydrogens is 384 g/mol. The van der Waals surface area contributed by atoms with Crippen molar-refractivity contribution in [2.24, 2.45) is 5.92 Å². The molecule has 0 aliphatic heterocycles. The molecule has 2 aromatic heterocycles. The number of ether oxygens (including phenoxy) is 1. The molecule has 0 amide bonds. The van der Waals surface area contributed by atoms with E-state index in [1.165, 1.54) is 21.8 Å². The Labute approximate surface area is 173 Å². The van der Waals surface area contributed by atoms with Crippen LogP contribution in [0, 0.1) is 17.2 Å². The van der Waals surface area contributed by atoms with E-state index in [0.29, 0.717) is 23.7 Å². The Balaban J connectivity index is 1.69. The summed E-state index contributed by atoms with van der Waals surface area (Å²) in [5.41, 5.74) is 2.47. The molecule has 0 spiro atoms. The molecule has 3 aromatic rings. The Morgan fingerprint density at radius 3 is 2.76 bits per heavy atom. The summed E-state index contributed by atoms with van der Waals surface area (Å²) in [6.07, 6.45) is 4.19. The van der Waals surface area contributed by atoms with Crippen molar-refractivity contribution < 1.29 is 14.3 Å². The molecule has 0 N–H and O–H groups in total. The number of thiophene rings is 1. The van der Waals surface area contributed by atoms with Crippen molar-refractivity contribution in [3.05, 3.63) is 57.4 Å². The van der Waals surface area contributed by atoms with Crippen LogP contribution >= 0.6 is 11.3 Å². The third kappa shape index (κ3) is 3.64. The first kappa shape index (κ1) is 19.6. The zero-order valence-electron chi connectivity index (χ0n) is 16.3. The van der Waals surface area contributed by atoms with Gasteiger partial charge in [-0.2, -0.15) is 5.26 Å². The fraction of sp³-hybridized carbons (Fsp3) is 0.348. The van der Waals surface area contributed by atoms with Crippen molar-refractivity contribution in [2.75, 3.05) is 13.7 Å². The Hall–Kier alpha value is -2.75. The number of nitrogens with zero attached hydrogens (tertiary/aromatic N) is 2. The number of ketones is 2. The highest BCUT2D eigenvalue weighted by atomic mass is 32.1. The highest BCUT2D eigenvalue weighted by Gasteiger charge is 2.32. The normalized spacial score (nSPS) is 14.3. The molecule has 29 heavy (non-hydrogen) atoms. The van der Waals surface area contributed by atoms with Crippen LogP contribution in [0.4, 0.5) is 0 Å². The van der Waals surface area contributed by atoms with Gasteiger partial charge in [0, 0.05) is 29.4 Å². The molecular formula is C23H22N2O3S. The number of hydrogen-bond donors (Lipinski definition) is 0. The topological polar surface area (TPSA) is 72.1 Å². The van der Waals surface area contributed by atoms with E-state index in [1.807, 2.05) is 41.0 Å². The fourth-order valence-electron chi connectivity index (χ4n) is 3.98. The van der Waals surface area contributed by atoms with E-state index in [-0.39, 0.29) is 5.78 Å². The molecule has 0 saturated carbocycles. The van der Waals surface area contributed by atoms with Crippen molar-refractivity contribution in [3.63, 3.8) is 0 Å². The molecule has 0 fully saturated rings. The number of methoxy groups -OCH3 is 1. The van der Waals surface area contributed by atoms with Crippen LogP contribution in [0.15, 0.2) is 36.4 Å². The Morgan fingerprint density at radius 2 is 2.00 bits per heavy atom. The maximum absolute atomic E-state index is 13.3. The van der Waals surface area contributed by atoms with Gasteiger partial charge in [-0.15, -0.1) is 11.3 Å². The fourth-order valence-corrected chi connectivity index (χ4v) is 5.20. The van der Waals surface area contributed by atoms with Crippen LogP contribution in [0.3, 0.4) is 0 Å². The van der Waals surface area contributed by atoms with Gasteiger partial charge < -0.3 is 9.30 Å². The molecule has 1 unspecified atom stereocenters. The molecule has 6 heteroatoms. The minimum Gasteiger partial charge on any atom is -0.383 e. The standard InChI is InChI=1S/C23H22N2O3S/c1-28-11-10-25-18-8-4-2-6-15(18)12-19(25)22(26)17(14-24)23(27)21-13-16-7-3-5-9-20(16)29-21/h2,4,6,8,12-13,17H,3,5,7,9-11H2,1H3. The summed E-state index contributed by atoms with van der Waals surface area (Å²) in [7, 11) is 1.60. The Morgan fingerprint density at radius 1 is 1.21 bits per heavy atom. The molecule has 2 heterocycles. The number of benzene rings is 1. The van der Waals surface area contributed by atoms with E-state index in [2.05, 4.69) is 0 Å². The molecule has 1 aliphatic rings. The van der Waals surface area contributed by atoms with Crippen molar-refractivity contribution in [1.82, 2.24) is 4.57 Å². The molecule has 5 nitrogen and oxygen atoms in total. The number of fused-ring (bicyclic) bond motifs is 2. The van der Waals surface area contributed by atoms with Crippen molar-refractivity contribution >= 4 is 33.8 Å². The number of aryl methyl sites for hydroxylation is 2. The second-order valence-electron chi connectivity index (χ2n) is 7.29. The van der Waals surface area contributed by atoms with Gasteiger partial charge in [-0.25, -0.2) is 0 Å². The van der Waals surface area contributed by atoms with Crippen LogP contribution in [-0.4, -0.2) is 29.9 Å². The van der Waals surface area contributed by atoms with Crippen molar-refractivity contribution in [2.45, 2.75) is 32.2 Å². The molecule has 1 aliphatic carbocycles. The summed E-state index contributed by atoms with van der Waals surface area (Å²) >= 11 is 1.44. The second-order valence-corrected chi connectivity index (χ2v) is 8.43. The predicted octanol–water partition coefficient (Wildman–Crippen LogP) is 4.43. The van der Waals surface area contributed by atoms with E-state index in [1.54, 1.807) is 13.2 Å². The lowest BCUT2D eigenvalue weighted by molar-refractivity contribution is 0.0841. The second kappa shape index (κ2) is 8.32. The number of para-hydroxylation sites is 1. The van der Waals surface area contributed by atoms with Gasteiger partial charge in [0.1, 0.15) is 0 Å². The number of Topliss-reactive ketones (excluding diaryl/α,β-unsaturated/α-hetero) is 2. The highest BCUT2D eigenvalue weighted by molar-refractivity contribution is 7.14. The molecule has 1 atom stereocenters. The lowest BCUT2D eigenvalue weighted by Gasteiger charge is -2.11. The Bertz CT molecular complexity index is 1100. The van der Waals surface area contributed by atoms with E-state index >= 15 is 0 Å². The first-order valence-corrected chi connectivity index (χ1v) is 10.6. The average Bonchev–Trinajstić information content (AvgIpc) is 3.34. The smallest absolute Gasteiger partial charge is 0.204 e. The molecule has 148 valence electrons. The first-order valence-electron chi connectivity index (χ1n) is 9.81. The van der Waals surface area contributed by atoms with Gasteiger partial charge >= 0.3 is 0 Å². The molecule has 0 radical (unpaired) electrons. The number of aromatic nitrogens is 1. The average molecular weight is 407 g/mol. The highest BCUT2D eigenvalue weighted by Crippen LogP contribution is 2.32. The summed E-state index contributed by atoms with van der Waals surface area (Å²) in [4.78, 5) is 28.1. The molecule has 0 bridgehead atoms. The number of carbonyl (C=O) groups excluding carboxylic acids is 2. The molecule has 4 rings (SSSR count). The van der Waals surface area contributed by atoms with Gasteiger partial charge in [0.15, 0.2) is 11.7 Å². The maximum Gasteiger partial charge on any atom is 0.204 e. The van der Waals surface area contributed by atoms with Crippen LogP contribution in [0.5, 0.6) is 0 Å². The third-order valence-corrected chi connectivity index (χ3v) is 6.73. The van der Waals surface area contributed by atoms with Crippen LogP contribution in [0.2, 0.25) is 0 Å². The first-order chi connectivity index (χ1) is 14.1. The lowest BCUT2D eigenvalue weighted by Crippen LogP contribution is -2.25. The van der Waals surface area contributed by atoms with E-state index in [9.17, 15) is 14.9 Å². The summed E-state index contributed by atoms with van der Waals surface area (Å²) in [5, 5.41) is 10.6. The van der Waals surface area contributed by atoms with Crippen LogP contribution in [0.1, 0.15) is 43.4 Å². The largest absolute Gasteiger partial charge is 0.383 e. The lowest BCUT2D eigenvalue weighted by atomic mass is 9.95. The predicted molar refractivity (Wildman–Crippen MR) is 113 cm³/mol. The zero-order chi connectivity index (χ0) is 20.4. The van der Waals surface area contributed by atoms with Crippen molar-refractivity contribution in [3.8, 4) is 6.07 Å². The minimum absolute atomic E-state index is 0.379. The minimum atomic E-state index is -1.33. The van der Waals surface area contributed by atoms with Gasteiger partial charge in [0.05, 0.1) is 23.2 Å². The maximum atomic E-state index is 13.3. The van der Waals surface area contributed by atoms with E-state index in [4.69, 9.17) is 4.74 Å². The number of rotatable bonds is 7. The SMILES string of the molecule is COCCn1c(C(=O)C(C#N)C(=O)c2cc3c(s2)CCCC3)cc2ccccc21. The number of hydrogen-bond acceptors (Lipinski definition) is 5. The van der Waals surface area contributed by atoms with Crippen LogP contribution in [0.25, 0.3) is 10.9 Å². The number of carbonyl (C=O) groups is 2. The monoisotopic (exact) mass is 406 g/mol. The van der Waals surface area contributed by atoms with Gasteiger partial charge in [-0.3, -0.25) is 9.59 Å². The van der Waals surface area contributed by atoms with E-state index in [0.717, 1.165) is 36.6 Å². The summed E-state index contributed by atoms with van der Waals surface area (Å²) in [5.74, 6) is -2.17. The summed E-state index contributed by atoms with van der Waals surface area (Å²) in [6.45, 7) is 0.909. The van der Waals surface area contributed by atoms with Crippen LogP contribution in [-0.2, 0) is 24.1 Å². The van der Waals surface area contributed by atoms with E-state index < -0.39 is 11.7 Å². The third-order valence-electron chi connectivity index (χ3n) is 5.47. The quantitative estimate of drug-likeness (QED) is 0.430. The molecule has 0 saturated heterocycles. The van der Waals surface area contributed by atoms with Crippen molar-refractivity contribution in [1.29, 1.82) is 5.26 Å². The zero-order valence-corrected chi connectivity index (χ0v) is 17.1. The summed E-state index contributed by atoms with van der Waals surface area (Å²) in [6, 6.07) is 13.3. The molecule has 1 aromatic carbocycles. The van der Waals surface area contributed by atoms with Gasteiger partial charge in [-0.05, 0) is 49.4 Å². The van der Waals surface area contributed by atoms with Gasteiger partial charge in [-0.1, -0.05) is 18.2 Å². The van der Waals surface area contributed by atoms with Crippen LogP contribution < -0.4 is 0 Å². The van der Waals surface area contributed by atoms with Gasteiger partial charge in [0.2, 0.25) is 5.78 Å².